The molecular formula is C28H34O2. The summed E-state index contributed by atoms with van der Waals surface area (Å²) in [4.78, 5) is 12.0. The van der Waals surface area contributed by atoms with E-state index >= 15 is 0 Å². The molecule has 0 radical (unpaired) electrons. The first-order valence-electron chi connectivity index (χ1n) is 10.6. The van der Waals surface area contributed by atoms with Crippen LogP contribution in [0.4, 0.5) is 0 Å². The molecule has 0 aliphatic heterocycles. The van der Waals surface area contributed by atoms with Gasteiger partial charge in [-0.25, -0.2) is 0 Å². The fourth-order valence-corrected chi connectivity index (χ4v) is 3.80. The summed E-state index contributed by atoms with van der Waals surface area (Å²) in [7, 11) is 0. The minimum Gasteiger partial charge on any atom is -0.336 e. The number of hydrogen-bond acceptors (Lipinski definition) is 2. The molecule has 0 heterocycles. The molecule has 0 spiro atoms. The SMILES string of the molecule is CC(C)(C)OOc1c(C(C)(C)c2ccccc2)cccc1C(C)(C)c1ccccc1. The smallest absolute Gasteiger partial charge is 0.173 e. The Bertz CT molecular complexity index is 895. The number of rotatable bonds is 6. The summed E-state index contributed by atoms with van der Waals surface area (Å²) >= 11 is 0. The lowest BCUT2D eigenvalue weighted by atomic mass is 9.72. The van der Waals surface area contributed by atoms with Crippen LogP contribution in [0.25, 0.3) is 0 Å². The molecule has 30 heavy (non-hydrogen) atoms. The molecule has 0 unspecified atom stereocenters. The average molecular weight is 403 g/mol. The minimum absolute atomic E-state index is 0.249. The van der Waals surface area contributed by atoms with Crippen molar-refractivity contribution in [2.24, 2.45) is 0 Å². The Labute approximate surface area is 181 Å². The zero-order valence-electron chi connectivity index (χ0n) is 19.3. The van der Waals surface area contributed by atoms with Crippen LogP contribution in [0.1, 0.15) is 70.7 Å². The van der Waals surface area contributed by atoms with Gasteiger partial charge in [0.15, 0.2) is 5.75 Å². The van der Waals surface area contributed by atoms with E-state index in [-0.39, 0.29) is 10.8 Å². The summed E-state index contributed by atoms with van der Waals surface area (Å²) in [5, 5.41) is 0. The van der Waals surface area contributed by atoms with Gasteiger partial charge in [0.2, 0.25) is 0 Å². The van der Waals surface area contributed by atoms with Crippen molar-refractivity contribution in [1.82, 2.24) is 0 Å². The standard InChI is InChI=1S/C28H34O2/c1-26(2,3)30-29-25-23(27(4,5)21-15-10-8-11-16-21)19-14-20-24(25)28(6,7)22-17-12-9-13-18-22/h8-20H,1-7H3. The predicted molar refractivity (Wildman–Crippen MR) is 125 cm³/mol. The van der Waals surface area contributed by atoms with Crippen LogP contribution in [0.2, 0.25) is 0 Å². The largest absolute Gasteiger partial charge is 0.336 e. The molecule has 0 aliphatic carbocycles. The van der Waals surface area contributed by atoms with Crippen LogP contribution in [0.5, 0.6) is 5.75 Å². The summed E-state index contributed by atoms with van der Waals surface area (Å²) in [6.45, 7) is 14.9. The van der Waals surface area contributed by atoms with Crippen molar-refractivity contribution in [3.63, 3.8) is 0 Å². The number of hydrogen-bond donors (Lipinski definition) is 0. The molecule has 0 bridgehead atoms. The Morgan fingerprint density at radius 1 is 0.500 bits per heavy atom. The summed E-state index contributed by atoms with van der Waals surface area (Å²) in [5.41, 5.74) is 3.78. The number of para-hydroxylation sites is 1. The fraction of sp³-hybridized carbons (Fsp3) is 0.357. The van der Waals surface area contributed by atoms with Crippen molar-refractivity contribution in [3.05, 3.63) is 101 Å². The molecule has 2 nitrogen and oxygen atoms in total. The second-order valence-electron chi connectivity index (χ2n) is 9.94. The topological polar surface area (TPSA) is 18.5 Å². The van der Waals surface area contributed by atoms with Gasteiger partial charge in [0.25, 0.3) is 0 Å². The zero-order chi connectivity index (χ0) is 22.0. The Morgan fingerprint density at radius 2 is 0.900 bits per heavy atom. The monoisotopic (exact) mass is 402 g/mol. The molecule has 0 amide bonds. The van der Waals surface area contributed by atoms with E-state index < -0.39 is 5.60 Å². The van der Waals surface area contributed by atoms with Crippen molar-refractivity contribution in [1.29, 1.82) is 0 Å². The Morgan fingerprint density at radius 3 is 1.27 bits per heavy atom. The van der Waals surface area contributed by atoms with Crippen molar-refractivity contribution in [2.75, 3.05) is 0 Å². The van der Waals surface area contributed by atoms with Gasteiger partial charge < -0.3 is 4.89 Å². The van der Waals surface area contributed by atoms with Crippen molar-refractivity contribution in [2.45, 2.75) is 64.9 Å². The minimum atomic E-state index is -0.418. The molecule has 0 saturated carbocycles. The third-order valence-electron chi connectivity index (χ3n) is 5.73. The molecule has 158 valence electrons. The molecular weight excluding hydrogens is 368 g/mol. The van der Waals surface area contributed by atoms with Crippen molar-refractivity contribution < 1.29 is 9.78 Å². The fourth-order valence-electron chi connectivity index (χ4n) is 3.80. The van der Waals surface area contributed by atoms with E-state index in [1.54, 1.807) is 0 Å². The first-order chi connectivity index (χ1) is 14.0. The molecule has 0 fully saturated rings. The Balaban J connectivity index is 2.20. The van der Waals surface area contributed by atoms with E-state index in [2.05, 4.69) is 107 Å². The van der Waals surface area contributed by atoms with Gasteiger partial charge in [-0.2, -0.15) is 4.89 Å². The lowest BCUT2D eigenvalue weighted by Crippen LogP contribution is -2.28. The van der Waals surface area contributed by atoms with Gasteiger partial charge in [0.1, 0.15) is 5.60 Å². The van der Waals surface area contributed by atoms with Gasteiger partial charge in [-0.15, -0.1) is 0 Å². The van der Waals surface area contributed by atoms with Crippen LogP contribution in [0, 0.1) is 0 Å². The molecule has 0 N–H and O–H groups in total. The highest BCUT2D eigenvalue weighted by atomic mass is 17.2. The molecule has 0 aliphatic rings. The quantitative estimate of drug-likeness (QED) is 0.315. The second kappa shape index (κ2) is 8.28. The average Bonchev–Trinajstić information content (AvgIpc) is 2.72. The Kier molecular flexibility index (Phi) is 6.10. The maximum atomic E-state index is 6.15. The van der Waals surface area contributed by atoms with Crippen LogP contribution >= 0.6 is 0 Å². The zero-order valence-corrected chi connectivity index (χ0v) is 19.3. The molecule has 3 aromatic carbocycles. The molecule has 3 aromatic rings. The third kappa shape index (κ3) is 4.60. The van der Waals surface area contributed by atoms with E-state index in [9.17, 15) is 0 Å². The highest BCUT2D eigenvalue weighted by Crippen LogP contribution is 2.45. The maximum Gasteiger partial charge on any atom is 0.173 e. The first kappa shape index (κ1) is 22.1. The Hall–Kier alpha value is -2.58. The maximum absolute atomic E-state index is 6.15. The lowest BCUT2D eigenvalue weighted by molar-refractivity contribution is -0.275. The summed E-state index contributed by atoms with van der Waals surface area (Å²) in [6.07, 6.45) is 0. The molecule has 0 aromatic heterocycles. The second-order valence-corrected chi connectivity index (χ2v) is 9.94. The van der Waals surface area contributed by atoms with Gasteiger partial charge in [0.05, 0.1) is 0 Å². The number of benzene rings is 3. The summed E-state index contributed by atoms with van der Waals surface area (Å²) < 4.78 is 0. The van der Waals surface area contributed by atoms with Gasteiger partial charge in [-0.1, -0.05) is 107 Å². The van der Waals surface area contributed by atoms with Crippen LogP contribution < -0.4 is 4.89 Å². The van der Waals surface area contributed by atoms with Crippen LogP contribution in [0.15, 0.2) is 78.9 Å². The highest BCUT2D eigenvalue weighted by Gasteiger charge is 2.34. The molecule has 2 heteroatoms. The van der Waals surface area contributed by atoms with E-state index in [1.165, 1.54) is 11.1 Å². The first-order valence-corrected chi connectivity index (χ1v) is 10.6. The molecule has 3 rings (SSSR count). The highest BCUT2D eigenvalue weighted by molar-refractivity contribution is 5.54. The summed E-state index contributed by atoms with van der Waals surface area (Å²) in [6, 6.07) is 27.6. The molecule has 0 atom stereocenters. The van der Waals surface area contributed by atoms with Crippen molar-refractivity contribution in [3.8, 4) is 5.75 Å². The summed E-state index contributed by atoms with van der Waals surface area (Å²) in [5.74, 6) is 0.801. The third-order valence-corrected chi connectivity index (χ3v) is 5.73. The van der Waals surface area contributed by atoms with E-state index in [0.29, 0.717) is 0 Å². The van der Waals surface area contributed by atoms with Gasteiger partial charge >= 0.3 is 0 Å². The predicted octanol–water partition coefficient (Wildman–Crippen LogP) is 7.45. The van der Waals surface area contributed by atoms with Gasteiger partial charge in [0, 0.05) is 22.0 Å². The van der Waals surface area contributed by atoms with Crippen LogP contribution in [-0.4, -0.2) is 5.60 Å². The van der Waals surface area contributed by atoms with E-state index in [0.717, 1.165) is 16.9 Å². The van der Waals surface area contributed by atoms with E-state index in [4.69, 9.17) is 9.78 Å². The van der Waals surface area contributed by atoms with Gasteiger partial charge in [-0.3, -0.25) is 0 Å². The lowest BCUT2D eigenvalue weighted by Gasteiger charge is -2.34. The van der Waals surface area contributed by atoms with Crippen molar-refractivity contribution >= 4 is 0 Å². The molecule has 0 saturated heterocycles. The van der Waals surface area contributed by atoms with Crippen LogP contribution in [-0.2, 0) is 15.7 Å². The van der Waals surface area contributed by atoms with E-state index in [1.807, 2.05) is 20.8 Å². The normalized spacial score (nSPS) is 12.6. The van der Waals surface area contributed by atoms with Crippen LogP contribution in [0.3, 0.4) is 0 Å². The van der Waals surface area contributed by atoms with Gasteiger partial charge in [-0.05, 0) is 31.9 Å².